The highest BCUT2D eigenvalue weighted by Gasteiger charge is 2.06. The van der Waals surface area contributed by atoms with Crippen molar-refractivity contribution in [2.75, 3.05) is 49.8 Å². The van der Waals surface area contributed by atoms with Gasteiger partial charge in [0.15, 0.2) is 0 Å². The first-order valence-corrected chi connectivity index (χ1v) is 8.35. The quantitative estimate of drug-likeness (QED) is 0.659. The molecule has 0 unspecified atom stereocenters. The lowest BCUT2D eigenvalue weighted by Gasteiger charge is -2.14. The SMILES string of the molecule is COc1ccc(NC(=O)NCCNc2cc(N(C)C)nc(C)n2)c(C)c1. The second kappa shape index (κ2) is 8.89. The number of aryl methyl sites for hydroxylation is 2. The van der Waals surface area contributed by atoms with Gasteiger partial charge in [0.05, 0.1) is 7.11 Å². The number of rotatable bonds is 7. The lowest BCUT2D eigenvalue weighted by Crippen LogP contribution is -2.33. The van der Waals surface area contributed by atoms with E-state index in [0.29, 0.717) is 18.9 Å². The van der Waals surface area contributed by atoms with Crippen LogP contribution in [0.25, 0.3) is 0 Å². The monoisotopic (exact) mass is 358 g/mol. The molecule has 3 N–H and O–H groups in total. The molecule has 1 aromatic carbocycles. The Morgan fingerprint density at radius 3 is 2.58 bits per heavy atom. The van der Waals surface area contributed by atoms with Gasteiger partial charge < -0.3 is 25.6 Å². The number of ether oxygens (including phenoxy) is 1. The average molecular weight is 358 g/mol. The summed E-state index contributed by atoms with van der Waals surface area (Å²) in [6.45, 7) is 4.78. The molecular weight excluding hydrogens is 332 g/mol. The van der Waals surface area contributed by atoms with E-state index in [-0.39, 0.29) is 6.03 Å². The van der Waals surface area contributed by atoms with Crippen molar-refractivity contribution in [2.45, 2.75) is 13.8 Å². The van der Waals surface area contributed by atoms with Crippen molar-refractivity contribution < 1.29 is 9.53 Å². The Hall–Kier alpha value is -3.03. The molecule has 0 aliphatic carbocycles. The lowest BCUT2D eigenvalue weighted by atomic mass is 10.2. The van der Waals surface area contributed by atoms with E-state index in [2.05, 4.69) is 25.9 Å². The molecule has 0 saturated heterocycles. The summed E-state index contributed by atoms with van der Waals surface area (Å²) in [7, 11) is 5.47. The van der Waals surface area contributed by atoms with Crippen LogP contribution in [0.2, 0.25) is 0 Å². The fourth-order valence-electron chi connectivity index (χ4n) is 2.31. The first kappa shape index (κ1) is 19.3. The molecule has 8 nitrogen and oxygen atoms in total. The van der Waals surface area contributed by atoms with Gasteiger partial charge in [-0.25, -0.2) is 14.8 Å². The third-order valence-corrected chi connectivity index (χ3v) is 3.68. The van der Waals surface area contributed by atoms with Crippen LogP contribution in [0.3, 0.4) is 0 Å². The first-order valence-electron chi connectivity index (χ1n) is 8.35. The number of benzene rings is 1. The summed E-state index contributed by atoms with van der Waals surface area (Å²) in [5, 5.41) is 8.83. The highest BCUT2D eigenvalue weighted by molar-refractivity contribution is 5.90. The molecule has 8 heteroatoms. The molecule has 1 heterocycles. The second-order valence-electron chi connectivity index (χ2n) is 6.04. The molecule has 0 bridgehead atoms. The van der Waals surface area contributed by atoms with Crippen LogP contribution in [0.1, 0.15) is 11.4 Å². The van der Waals surface area contributed by atoms with Gasteiger partial charge in [-0.1, -0.05) is 0 Å². The van der Waals surface area contributed by atoms with E-state index in [1.165, 1.54) is 0 Å². The summed E-state index contributed by atoms with van der Waals surface area (Å²) in [6.07, 6.45) is 0. The second-order valence-corrected chi connectivity index (χ2v) is 6.04. The molecule has 140 valence electrons. The standard InChI is InChI=1S/C18H26N6O2/c1-12-10-14(26-5)6-7-15(12)23-18(25)20-9-8-19-16-11-17(24(3)4)22-13(2)21-16/h6-7,10-11H,8-9H2,1-5H3,(H,19,21,22)(H2,20,23,25). The number of nitrogens with zero attached hydrogens (tertiary/aromatic N) is 3. The van der Waals surface area contributed by atoms with Crippen LogP contribution >= 0.6 is 0 Å². The highest BCUT2D eigenvalue weighted by atomic mass is 16.5. The van der Waals surface area contributed by atoms with Crippen molar-refractivity contribution in [1.29, 1.82) is 0 Å². The van der Waals surface area contributed by atoms with Crippen LogP contribution in [-0.2, 0) is 0 Å². The Labute approximate surface area is 154 Å². The first-order chi connectivity index (χ1) is 12.4. The third kappa shape index (κ3) is 5.51. The van der Waals surface area contributed by atoms with E-state index in [1.807, 2.05) is 57.1 Å². The Bertz CT molecular complexity index is 763. The number of methoxy groups -OCH3 is 1. The van der Waals surface area contributed by atoms with Gasteiger partial charge in [-0.15, -0.1) is 0 Å². The number of nitrogens with one attached hydrogen (secondary N) is 3. The van der Waals surface area contributed by atoms with Gasteiger partial charge >= 0.3 is 6.03 Å². The maximum absolute atomic E-state index is 12.0. The van der Waals surface area contributed by atoms with Crippen molar-refractivity contribution >= 4 is 23.4 Å². The summed E-state index contributed by atoms with van der Waals surface area (Å²) in [6, 6.07) is 7.11. The molecule has 0 aliphatic heterocycles. The molecule has 1 aromatic heterocycles. The zero-order valence-electron chi connectivity index (χ0n) is 15.9. The Kier molecular flexibility index (Phi) is 6.60. The molecule has 0 spiro atoms. The minimum atomic E-state index is -0.257. The average Bonchev–Trinajstić information content (AvgIpc) is 2.60. The molecular formula is C18H26N6O2. The predicted molar refractivity (Wildman–Crippen MR) is 104 cm³/mol. The van der Waals surface area contributed by atoms with Crippen LogP contribution in [0.4, 0.5) is 22.1 Å². The Balaban J connectivity index is 1.80. The van der Waals surface area contributed by atoms with Crippen LogP contribution in [0.15, 0.2) is 24.3 Å². The predicted octanol–water partition coefficient (Wildman–Crippen LogP) is 2.40. The van der Waals surface area contributed by atoms with Crippen LogP contribution in [0, 0.1) is 13.8 Å². The summed E-state index contributed by atoms with van der Waals surface area (Å²) in [5.74, 6) is 3.02. The molecule has 0 aliphatic rings. The zero-order valence-corrected chi connectivity index (χ0v) is 15.9. The number of hydrogen-bond acceptors (Lipinski definition) is 6. The molecule has 26 heavy (non-hydrogen) atoms. The van der Waals surface area contributed by atoms with Gasteiger partial charge in [-0.05, 0) is 37.6 Å². The molecule has 0 radical (unpaired) electrons. The summed E-state index contributed by atoms with van der Waals surface area (Å²) in [4.78, 5) is 22.6. The van der Waals surface area contributed by atoms with Gasteiger partial charge in [-0.2, -0.15) is 0 Å². The molecule has 2 rings (SSSR count). The van der Waals surface area contributed by atoms with E-state index >= 15 is 0 Å². The van der Waals surface area contributed by atoms with Gasteiger partial charge in [0.2, 0.25) is 0 Å². The molecule has 0 atom stereocenters. The summed E-state index contributed by atoms with van der Waals surface area (Å²) < 4.78 is 5.16. The van der Waals surface area contributed by atoms with Gasteiger partial charge in [0, 0.05) is 38.9 Å². The number of urea groups is 1. The topological polar surface area (TPSA) is 91.4 Å². The summed E-state index contributed by atoms with van der Waals surface area (Å²) >= 11 is 0. The van der Waals surface area contributed by atoms with E-state index in [1.54, 1.807) is 7.11 Å². The maximum atomic E-state index is 12.0. The van der Waals surface area contributed by atoms with Gasteiger partial charge in [0.25, 0.3) is 0 Å². The van der Waals surface area contributed by atoms with Crippen LogP contribution in [0.5, 0.6) is 5.75 Å². The van der Waals surface area contributed by atoms with E-state index in [4.69, 9.17) is 4.74 Å². The largest absolute Gasteiger partial charge is 0.497 e. The molecule has 2 amide bonds. The van der Waals surface area contributed by atoms with E-state index < -0.39 is 0 Å². The van der Waals surface area contributed by atoms with Crippen LogP contribution < -0.4 is 25.6 Å². The zero-order chi connectivity index (χ0) is 19.1. The number of carbonyl (C=O) groups is 1. The number of carbonyl (C=O) groups excluding carboxylic acids is 1. The molecule has 0 fully saturated rings. The fourth-order valence-corrected chi connectivity index (χ4v) is 2.31. The van der Waals surface area contributed by atoms with E-state index in [9.17, 15) is 4.79 Å². The number of aromatic nitrogens is 2. The number of hydrogen-bond donors (Lipinski definition) is 3. The maximum Gasteiger partial charge on any atom is 0.319 e. The lowest BCUT2D eigenvalue weighted by molar-refractivity contribution is 0.252. The highest BCUT2D eigenvalue weighted by Crippen LogP contribution is 2.20. The van der Waals surface area contributed by atoms with Crippen molar-refractivity contribution in [1.82, 2.24) is 15.3 Å². The molecule has 2 aromatic rings. The van der Waals surface area contributed by atoms with E-state index in [0.717, 1.165) is 28.6 Å². The van der Waals surface area contributed by atoms with Crippen molar-refractivity contribution in [2.24, 2.45) is 0 Å². The van der Waals surface area contributed by atoms with Crippen molar-refractivity contribution in [3.05, 3.63) is 35.7 Å². The third-order valence-electron chi connectivity index (χ3n) is 3.68. The summed E-state index contributed by atoms with van der Waals surface area (Å²) in [5.41, 5.74) is 1.68. The molecule has 0 saturated carbocycles. The Morgan fingerprint density at radius 2 is 1.92 bits per heavy atom. The van der Waals surface area contributed by atoms with Gasteiger partial charge in [-0.3, -0.25) is 0 Å². The normalized spacial score (nSPS) is 10.2. The smallest absolute Gasteiger partial charge is 0.319 e. The number of amides is 2. The van der Waals surface area contributed by atoms with Crippen LogP contribution in [-0.4, -0.2) is 50.3 Å². The fraction of sp³-hybridized carbons (Fsp3) is 0.389. The minimum absolute atomic E-state index is 0.257. The number of anilines is 3. The van der Waals surface area contributed by atoms with Gasteiger partial charge in [0.1, 0.15) is 23.2 Å². The minimum Gasteiger partial charge on any atom is -0.497 e. The Morgan fingerprint density at radius 1 is 1.15 bits per heavy atom. The van der Waals surface area contributed by atoms with Crippen molar-refractivity contribution in [3.63, 3.8) is 0 Å². The van der Waals surface area contributed by atoms with Crippen molar-refractivity contribution in [3.8, 4) is 5.75 Å².